The molecule has 2 rings (SSSR count). The summed E-state index contributed by atoms with van der Waals surface area (Å²) in [4.78, 5) is 10.5. The standard InChI is InChI=1S/C9H7NO2S/c11-9(12)5-7-6-3-1-2-4-8(6)13-10-7/h1-4H,5H2,(H,11,12). The van der Waals surface area contributed by atoms with Crippen LogP contribution in [0, 0.1) is 0 Å². The van der Waals surface area contributed by atoms with Gasteiger partial charge in [-0.25, -0.2) is 0 Å². The molecule has 0 spiro atoms. The summed E-state index contributed by atoms with van der Waals surface area (Å²) in [5.41, 5.74) is 0.660. The summed E-state index contributed by atoms with van der Waals surface area (Å²) in [6, 6.07) is 7.66. The lowest BCUT2D eigenvalue weighted by atomic mass is 10.2. The predicted octanol–water partition coefficient (Wildman–Crippen LogP) is 1.92. The van der Waals surface area contributed by atoms with Crippen molar-refractivity contribution in [1.82, 2.24) is 4.37 Å². The molecule has 0 bridgehead atoms. The third kappa shape index (κ3) is 1.53. The van der Waals surface area contributed by atoms with Gasteiger partial charge >= 0.3 is 5.97 Å². The van der Waals surface area contributed by atoms with Gasteiger partial charge < -0.3 is 5.11 Å². The maximum absolute atomic E-state index is 10.5. The Labute approximate surface area is 78.8 Å². The third-order valence-electron chi connectivity index (χ3n) is 1.77. The van der Waals surface area contributed by atoms with E-state index < -0.39 is 5.97 Å². The van der Waals surface area contributed by atoms with Crippen LogP contribution in [0.25, 0.3) is 10.1 Å². The molecule has 13 heavy (non-hydrogen) atoms. The highest BCUT2D eigenvalue weighted by molar-refractivity contribution is 7.13. The second-order valence-corrected chi connectivity index (χ2v) is 3.50. The predicted molar refractivity (Wildman–Crippen MR) is 51.0 cm³/mol. The zero-order valence-electron chi connectivity index (χ0n) is 6.73. The number of fused-ring (bicyclic) bond motifs is 1. The number of carbonyl (C=O) groups is 1. The van der Waals surface area contributed by atoms with Crippen molar-refractivity contribution in [3.8, 4) is 0 Å². The van der Waals surface area contributed by atoms with Gasteiger partial charge in [-0.2, -0.15) is 4.37 Å². The van der Waals surface area contributed by atoms with E-state index in [-0.39, 0.29) is 6.42 Å². The fourth-order valence-electron chi connectivity index (χ4n) is 1.21. The van der Waals surface area contributed by atoms with Crippen molar-refractivity contribution in [3.05, 3.63) is 30.0 Å². The fraction of sp³-hybridized carbons (Fsp3) is 0.111. The van der Waals surface area contributed by atoms with Crippen molar-refractivity contribution >= 4 is 27.6 Å². The number of aromatic nitrogens is 1. The average Bonchev–Trinajstić information content (AvgIpc) is 2.48. The Kier molecular flexibility index (Phi) is 1.98. The van der Waals surface area contributed by atoms with Crippen LogP contribution >= 0.6 is 11.5 Å². The molecule has 0 saturated heterocycles. The normalized spacial score (nSPS) is 10.5. The van der Waals surface area contributed by atoms with Crippen LogP contribution in [0.1, 0.15) is 5.69 Å². The van der Waals surface area contributed by atoms with Gasteiger partial charge in [-0.05, 0) is 17.6 Å². The fourth-order valence-corrected chi connectivity index (χ4v) is 2.00. The number of nitrogens with zero attached hydrogens (tertiary/aromatic N) is 1. The molecule has 4 heteroatoms. The van der Waals surface area contributed by atoms with Gasteiger partial charge in [0.05, 0.1) is 16.8 Å². The molecule has 0 aliphatic carbocycles. The number of rotatable bonds is 2. The minimum Gasteiger partial charge on any atom is -0.481 e. The first kappa shape index (κ1) is 8.19. The van der Waals surface area contributed by atoms with E-state index in [0.29, 0.717) is 5.69 Å². The smallest absolute Gasteiger partial charge is 0.309 e. The highest BCUT2D eigenvalue weighted by atomic mass is 32.1. The van der Waals surface area contributed by atoms with Gasteiger partial charge in [0.1, 0.15) is 0 Å². The number of aliphatic carboxylic acids is 1. The quantitative estimate of drug-likeness (QED) is 0.792. The van der Waals surface area contributed by atoms with Gasteiger partial charge in [-0.3, -0.25) is 4.79 Å². The molecule has 1 N–H and O–H groups in total. The van der Waals surface area contributed by atoms with E-state index in [9.17, 15) is 4.79 Å². The Morgan fingerprint density at radius 2 is 2.23 bits per heavy atom. The van der Waals surface area contributed by atoms with Crippen LogP contribution in [-0.4, -0.2) is 15.4 Å². The SMILES string of the molecule is O=C(O)Cc1nsc2ccccc12. The molecule has 2 aromatic rings. The second kappa shape index (κ2) is 3.14. The topological polar surface area (TPSA) is 50.2 Å². The molecule has 66 valence electrons. The molecule has 0 amide bonds. The van der Waals surface area contributed by atoms with Crippen LogP contribution in [0.2, 0.25) is 0 Å². The minimum atomic E-state index is -0.837. The molecule has 0 atom stereocenters. The lowest BCUT2D eigenvalue weighted by Gasteiger charge is -1.91. The molecule has 3 nitrogen and oxygen atoms in total. The summed E-state index contributed by atoms with van der Waals surface area (Å²) < 4.78 is 5.14. The van der Waals surface area contributed by atoms with Gasteiger partial charge in [0.15, 0.2) is 0 Å². The summed E-state index contributed by atoms with van der Waals surface area (Å²) in [7, 11) is 0. The van der Waals surface area contributed by atoms with Crippen molar-refractivity contribution in [1.29, 1.82) is 0 Å². The highest BCUT2D eigenvalue weighted by Crippen LogP contribution is 2.22. The van der Waals surface area contributed by atoms with Crippen molar-refractivity contribution in [3.63, 3.8) is 0 Å². The number of benzene rings is 1. The Balaban J connectivity index is 2.51. The first-order valence-corrected chi connectivity index (χ1v) is 4.60. The Morgan fingerprint density at radius 1 is 1.46 bits per heavy atom. The van der Waals surface area contributed by atoms with Crippen LogP contribution < -0.4 is 0 Å². The summed E-state index contributed by atoms with van der Waals surface area (Å²) in [5.74, 6) is -0.837. The zero-order chi connectivity index (χ0) is 9.26. The largest absolute Gasteiger partial charge is 0.481 e. The Morgan fingerprint density at radius 3 is 3.00 bits per heavy atom. The Bertz CT molecular complexity index is 450. The molecule has 1 aromatic carbocycles. The minimum absolute atomic E-state index is 0.00398. The monoisotopic (exact) mass is 193 g/mol. The summed E-state index contributed by atoms with van der Waals surface area (Å²) >= 11 is 1.34. The van der Waals surface area contributed by atoms with E-state index in [2.05, 4.69) is 4.37 Å². The van der Waals surface area contributed by atoms with Crippen LogP contribution in [0.5, 0.6) is 0 Å². The molecule has 1 aromatic heterocycles. The summed E-state index contributed by atoms with van der Waals surface area (Å²) in [6.45, 7) is 0. The van der Waals surface area contributed by atoms with Crippen LogP contribution in [-0.2, 0) is 11.2 Å². The van der Waals surface area contributed by atoms with Crippen LogP contribution in [0.4, 0.5) is 0 Å². The number of carboxylic acid groups (broad SMARTS) is 1. The van der Waals surface area contributed by atoms with Gasteiger partial charge in [0, 0.05) is 5.39 Å². The molecule has 0 fully saturated rings. The second-order valence-electron chi connectivity index (χ2n) is 2.70. The first-order chi connectivity index (χ1) is 6.27. The number of carboxylic acids is 1. The molecular formula is C9H7NO2S. The molecule has 0 aliphatic heterocycles. The van der Waals surface area contributed by atoms with E-state index in [1.54, 1.807) is 0 Å². The van der Waals surface area contributed by atoms with Crippen molar-refractivity contribution < 1.29 is 9.90 Å². The van der Waals surface area contributed by atoms with E-state index in [1.165, 1.54) is 11.5 Å². The van der Waals surface area contributed by atoms with Crippen LogP contribution in [0.3, 0.4) is 0 Å². The highest BCUT2D eigenvalue weighted by Gasteiger charge is 2.08. The van der Waals surface area contributed by atoms with E-state index in [1.807, 2.05) is 24.3 Å². The molecule has 0 saturated carbocycles. The van der Waals surface area contributed by atoms with Gasteiger partial charge in [-0.1, -0.05) is 18.2 Å². The first-order valence-electron chi connectivity index (χ1n) is 3.82. The average molecular weight is 193 g/mol. The van der Waals surface area contributed by atoms with Gasteiger partial charge in [-0.15, -0.1) is 0 Å². The summed E-state index contributed by atoms with van der Waals surface area (Å²) in [5, 5.41) is 9.56. The molecule has 0 unspecified atom stereocenters. The van der Waals surface area contributed by atoms with E-state index in [4.69, 9.17) is 5.11 Å². The zero-order valence-corrected chi connectivity index (χ0v) is 7.54. The molecule has 0 radical (unpaired) electrons. The number of hydrogen-bond acceptors (Lipinski definition) is 3. The van der Waals surface area contributed by atoms with E-state index >= 15 is 0 Å². The van der Waals surface area contributed by atoms with Crippen LogP contribution in [0.15, 0.2) is 24.3 Å². The maximum Gasteiger partial charge on any atom is 0.309 e. The number of hydrogen-bond donors (Lipinski definition) is 1. The summed E-state index contributed by atoms with van der Waals surface area (Å²) in [6.07, 6.45) is 0.00398. The maximum atomic E-state index is 10.5. The molecule has 1 heterocycles. The Hall–Kier alpha value is -1.42. The van der Waals surface area contributed by atoms with Crippen molar-refractivity contribution in [2.24, 2.45) is 0 Å². The lowest BCUT2D eigenvalue weighted by molar-refractivity contribution is -0.136. The van der Waals surface area contributed by atoms with Gasteiger partial charge in [0.2, 0.25) is 0 Å². The molecular weight excluding hydrogens is 186 g/mol. The van der Waals surface area contributed by atoms with E-state index in [0.717, 1.165) is 10.1 Å². The molecule has 0 aliphatic rings. The lowest BCUT2D eigenvalue weighted by Crippen LogP contribution is -1.99. The third-order valence-corrected chi connectivity index (χ3v) is 2.64. The van der Waals surface area contributed by atoms with Crippen molar-refractivity contribution in [2.75, 3.05) is 0 Å². The van der Waals surface area contributed by atoms with Crippen molar-refractivity contribution in [2.45, 2.75) is 6.42 Å². The van der Waals surface area contributed by atoms with Gasteiger partial charge in [0.25, 0.3) is 0 Å².